The van der Waals surface area contributed by atoms with Gasteiger partial charge in [0.1, 0.15) is 0 Å². The molecular weight excluding hydrogens is 290 g/mol. The molecule has 1 aliphatic carbocycles. The van der Waals surface area contributed by atoms with E-state index in [4.69, 9.17) is 5.11 Å². The highest BCUT2D eigenvalue weighted by Crippen LogP contribution is 2.20. The minimum Gasteiger partial charge on any atom is -0.478 e. The summed E-state index contributed by atoms with van der Waals surface area (Å²) in [6, 6.07) is 1.46. The van der Waals surface area contributed by atoms with Gasteiger partial charge in [0.05, 0.1) is 17.7 Å². The first kappa shape index (κ1) is 15.7. The van der Waals surface area contributed by atoms with E-state index in [1.165, 1.54) is 17.4 Å². The minimum atomic E-state index is -1.02. The molecule has 1 aromatic heterocycles. The number of aliphatic hydroxyl groups is 1. The monoisotopic (exact) mass is 309 g/mol. The largest absolute Gasteiger partial charge is 0.478 e. The zero-order valence-corrected chi connectivity index (χ0v) is 12.4. The molecule has 2 unspecified atom stereocenters. The lowest BCUT2D eigenvalue weighted by molar-refractivity contribution is -0.131. The Morgan fingerprint density at radius 1 is 1.29 bits per heavy atom. The van der Waals surface area contributed by atoms with Gasteiger partial charge in [-0.3, -0.25) is 4.79 Å². The first-order valence-corrected chi connectivity index (χ1v) is 7.92. The summed E-state index contributed by atoms with van der Waals surface area (Å²) in [5, 5.41) is 23.2. The van der Waals surface area contributed by atoms with Crippen molar-refractivity contribution in [3.05, 3.63) is 28.0 Å². The molecule has 1 fully saturated rings. The second-order valence-corrected chi connectivity index (χ2v) is 6.14. The van der Waals surface area contributed by atoms with Crippen molar-refractivity contribution in [1.82, 2.24) is 5.32 Å². The van der Waals surface area contributed by atoms with Crippen LogP contribution in [0.5, 0.6) is 0 Å². The Balaban J connectivity index is 1.98. The fraction of sp³-hybridized carbons (Fsp3) is 0.467. The van der Waals surface area contributed by atoms with Crippen molar-refractivity contribution >= 4 is 29.3 Å². The fourth-order valence-corrected chi connectivity index (χ4v) is 3.20. The number of carbonyl (C=O) groups is 2. The molecule has 0 aromatic carbocycles. The lowest BCUT2D eigenvalue weighted by Gasteiger charge is -2.21. The fourth-order valence-electron chi connectivity index (χ4n) is 2.42. The summed E-state index contributed by atoms with van der Waals surface area (Å²) in [6.45, 7) is 0. The Labute approximate surface area is 127 Å². The molecule has 114 valence electrons. The van der Waals surface area contributed by atoms with Crippen LogP contribution in [-0.2, 0) is 4.79 Å². The zero-order chi connectivity index (χ0) is 15.2. The smallest absolute Gasteiger partial charge is 0.328 e. The highest BCUT2D eigenvalue weighted by atomic mass is 32.1. The maximum atomic E-state index is 12.2. The number of aliphatic carboxylic acids is 1. The molecule has 5 nitrogen and oxygen atoms in total. The van der Waals surface area contributed by atoms with E-state index in [0.717, 1.165) is 38.2 Å². The molecule has 1 aromatic rings. The lowest BCUT2D eigenvalue weighted by atomic mass is 10.1. The number of hydrogen-bond donors (Lipinski definition) is 3. The van der Waals surface area contributed by atoms with Crippen molar-refractivity contribution in [2.24, 2.45) is 0 Å². The number of carboxylic acid groups (broad SMARTS) is 1. The molecule has 0 saturated heterocycles. The van der Waals surface area contributed by atoms with Crippen LogP contribution >= 0.6 is 11.3 Å². The van der Waals surface area contributed by atoms with Crippen LogP contribution in [0, 0.1) is 0 Å². The summed E-state index contributed by atoms with van der Waals surface area (Å²) in [5.41, 5.74) is 0.501. The number of thiophene rings is 1. The molecule has 3 N–H and O–H groups in total. The number of carbonyl (C=O) groups excluding carboxylic acids is 1. The summed E-state index contributed by atoms with van der Waals surface area (Å²) in [6.07, 6.45) is 6.64. The van der Waals surface area contributed by atoms with E-state index in [9.17, 15) is 14.7 Å². The maximum Gasteiger partial charge on any atom is 0.328 e. The Morgan fingerprint density at radius 2 is 2.05 bits per heavy atom. The van der Waals surface area contributed by atoms with Crippen molar-refractivity contribution in [2.45, 2.75) is 44.2 Å². The van der Waals surface area contributed by atoms with Crippen LogP contribution in [0.25, 0.3) is 6.08 Å². The standard InChI is InChI=1S/C15H19NO4S/c17-13-5-3-1-2-4-12(13)16-15(20)10-8-11(21-9-10)6-7-14(18)19/h6-9,12-13,17H,1-5H2,(H,16,20)(H,18,19)/b7-6+. The van der Waals surface area contributed by atoms with Crippen molar-refractivity contribution in [3.8, 4) is 0 Å². The van der Waals surface area contributed by atoms with Crippen LogP contribution in [0.3, 0.4) is 0 Å². The van der Waals surface area contributed by atoms with Gasteiger partial charge in [-0.15, -0.1) is 11.3 Å². The van der Waals surface area contributed by atoms with E-state index in [2.05, 4.69) is 5.32 Å². The third-order valence-electron chi connectivity index (χ3n) is 3.57. The molecule has 0 spiro atoms. The number of aliphatic hydroxyl groups excluding tert-OH is 1. The quantitative estimate of drug-likeness (QED) is 0.588. The number of amides is 1. The van der Waals surface area contributed by atoms with Crippen LogP contribution in [0.15, 0.2) is 17.5 Å². The van der Waals surface area contributed by atoms with E-state index in [1.807, 2.05) is 0 Å². The minimum absolute atomic E-state index is 0.196. The van der Waals surface area contributed by atoms with Gasteiger partial charge < -0.3 is 15.5 Å². The van der Waals surface area contributed by atoms with E-state index < -0.39 is 12.1 Å². The van der Waals surface area contributed by atoms with E-state index in [1.54, 1.807) is 11.4 Å². The summed E-state index contributed by atoms with van der Waals surface area (Å²) < 4.78 is 0. The highest BCUT2D eigenvalue weighted by Gasteiger charge is 2.23. The van der Waals surface area contributed by atoms with E-state index >= 15 is 0 Å². The molecule has 2 atom stereocenters. The van der Waals surface area contributed by atoms with Crippen molar-refractivity contribution < 1.29 is 19.8 Å². The summed E-state index contributed by atoms with van der Waals surface area (Å²) >= 11 is 1.31. The third kappa shape index (κ3) is 4.68. The molecule has 1 saturated carbocycles. The first-order chi connectivity index (χ1) is 10.1. The predicted octanol–water partition coefficient (Wildman–Crippen LogP) is 2.27. The van der Waals surface area contributed by atoms with E-state index in [0.29, 0.717) is 10.4 Å². The Morgan fingerprint density at radius 3 is 2.81 bits per heavy atom. The number of hydrogen-bond acceptors (Lipinski definition) is 4. The van der Waals surface area contributed by atoms with Crippen LogP contribution < -0.4 is 5.32 Å². The van der Waals surface area contributed by atoms with Crippen LogP contribution in [0.1, 0.15) is 47.3 Å². The van der Waals surface area contributed by atoms with Crippen molar-refractivity contribution in [1.29, 1.82) is 0 Å². The Kier molecular flexibility index (Phi) is 5.52. The van der Waals surface area contributed by atoms with Crippen LogP contribution in [0.4, 0.5) is 0 Å². The van der Waals surface area contributed by atoms with E-state index in [-0.39, 0.29) is 11.9 Å². The predicted molar refractivity (Wildman–Crippen MR) is 81.3 cm³/mol. The van der Waals surface area contributed by atoms with Crippen molar-refractivity contribution in [3.63, 3.8) is 0 Å². The average molecular weight is 309 g/mol. The molecule has 1 aliphatic rings. The van der Waals surface area contributed by atoms with Gasteiger partial charge in [-0.2, -0.15) is 0 Å². The molecule has 2 rings (SSSR count). The summed E-state index contributed by atoms with van der Waals surface area (Å²) in [4.78, 5) is 23.3. The third-order valence-corrected chi connectivity index (χ3v) is 4.47. The second kappa shape index (κ2) is 7.38. The molecule has 1 amide bonds. The van der Waals surface area contributed by atoms with Gasteiger partial charge in [-0.25, -0.2) is 4.79 Å². The topological polar surface area (TPSA) is 86.6 Å². The summed E-state index contributed by atoms with van der Waals surface area (Å²) in [7, 11) is 0. The number of nitrogens with one attached hydrogen (secondary N) is 1. The Bertz CT molecular complexity index is 538. The average Bonchev–Trinajstić information content (AvgIpc) is 2.83. The number of rotatable bonds is 4. The molecule has 0 radical (unpaired) electrons. The maximum absolute atomic E-state index is 12.2. The molecule has 0 bridgehead atoms. The molecular formula is C15H19NO4S. The molecule has 0 aliphatic heterocycles. The molecule has 21 heavy (non-hydrogen) atoms. The second-order valence-electron chi connectivity index (χ2n) is 5.19. The van der Waals surface area contributed by atoms with Gasteiger partial charge in [0.15, 0.2) is 0 Å². The zero-order valence-electron chi connectivity index (χ0n) is 11.6. The van der Waals surface area contributed by atoms with Crippen LogP contribution in [0.2, 0.25) is 0 Å². The lowest BCUT2D eigenvalue weighted by Crippen LogP contribution is -2.42. The summed E-state index contributed by atoms with van der Waals surface area (Å²) in [5.74, 6) is -1.23. The van der Waals surface area contributed by atoms with Gasteiger partial charge in [0.2, 0.25) is 0 Å². The van der Waals surface area contributed by atoms with Crippen LogP contribution in [-0.4, -0.2) is 34.2 Å². The van der Waals surface area contributed by atoms with Crippen molar-refractivity contribution in [2.75, 3.05) is 0 Å². The highest BCUT2D eigenvalue weighted by molar-refractivity contribution is 7.11. The number of carboxylic acids is 1. The first-order valence-electron chi connectivity index (χ1n) is 7.05. The van der Waals surface area contributed by atoms with Gasteiger partial charge in [0, 0.05) is 16.3 Å². The SMILES string of the molecule is O=C(O)/C=C/c1cc(C(=O)NC2CCCCCC2O)cs1. The van der Waals surface area contributed by atoms with Gasteiger partial charge in [0.25, 0.3) is 5.91 Å². The Hall–Kier alpha value is -1.66. The van der Waals surface area contributed by atoms with Gasteiger partial charge in [-0.05, 0) is 25.0 Å². The molecule has 1 heterocycles. The molecule has 6 heteroatoms. The normalized spacial score (nSPS) is 22.9. The van der Waals surface area contributed by atoms with Gasteiger partial charge >= 0.3 is 5.97 Å². The van der Waals surface area contributed by atoms with Gasteiger partial charge in [-0.1, -0.05) is 19.3 Å².